The molecule has 8 heteroatoms. The van der Waals surface area contributed by atoms with Gasteiger partial charge in [-0.1, -0.05) is 72.8 Å². The van der Waals surface area contributed by atoms with E-state index in [0.717, 1.165) is 0 Å². The van der Waals surface area contributed by atoms with E-state index in [1.54, 1.807) is 36.4 Å². The first-order chi connectivity index (χ1) is 15.5. The summed E-state index contributed by atoms with van der Waals surface area (Å²) in [6.07, 6.45) is -0.936. The first kappa shape index (κ1) is 22.6. The lowest BCUT2D eigenvalue weighted by Gasteiger charge is -2.32. The summed E-state index contributed by atoms with van der Waals surface area (Å²) >= 11 is 0. The number of alkyl carbamates (subject to hydrolysis) is 1. The van der Waals surface area contributed by atoms with Crippen LogP contribution in [0.15, 0.2) is 78.9 Å². The van der Waals surface area contributed by atoms with Gasteiger partial charge in [0.25, 0.3) is 5.91 Å². The van der Waals surface area contributed by atoms with Gasteiger partial charge < -0.3 is 25.2 Å². The molecular formula is C25H23NO7. The monoisotopic (exact) mass is 449 g/mol. The molecule has 1 atom stereocenters. The van der Waals surface area contributed by atoms with Crippen LogP contribution in [0.2, 0.25) is 0 Å². The maximum atomic E-state index is 12.2. The zero-order valence-corrected chi connectivity index (χ0v) is 17.7. The van der Waals surface area contributed by atoms with Crippen LogP contribution < -0.4 is 5.32 Å². The van der Waals surface area contributed by atoms with Crippen LogP contribution in [0, 0.1) is 0 Å². The molecule has 3 aromatic rings. The minimum absolute atomic E-state index is 0.0715. The van der Waals surface area contributed by atoms with E-state index >= 15 is 0 Å². The fourth-order valence-corrected chi connectivity index (χ4v) is 3.95. The minimum Gasteiger partial charge on any atom is -0.432 e. The van der Waals surface area contributed by atoms with E-state index in [0.29, 0.717) is 5.56 Å². The Kier molecular flexibility index (Phi) is 5.55. The molecule has 8 nitrogen and oxygen atoms in total. The standard InChI is InChI=1S/C25H23NO7/c1-23(21(27)26-22(28)33-23)15-16-12-13-19(24(29,30)17-8-4-2-5-9-17)20(14-16)25(31,32)18-10-6-3-7-11-18/h2-14,29-32H,15H2,1H3,(H,26,27,28)/t23-/m0/s1. The summed E-state index contributed by atoms with van der Waals surface area (Å²) in [4.78, 5) is 23.7. The molecule has 5 N–H and O–H groups in total. The number of hydrogen-bond acceptors (Lipinski definition) is 7. The Morgan fingerprint density at radius 2 is 1.30 bits per heavy atom. The van der Waals surface area contributed by atoms with Gasteiger partial charge in [-0.05, 0) is 18.6 Å². The molecule has 3 aromatic carbocycles. The van der Waals surface area contributed by atoms with Crippen molar-refractivity contribution in [3.8, 4) is 0 Å². The Hall–Kier alpha value is -3.56. The van der Waals surface area contributed by atoms with Crippen molar-refractivity contribution >= 4 is 12.0 Å². The molecule has 1 aliphatic rings. The number of nitrogens with one attached hydrogen (secondary N) is 1. The lowest BCUT2D eigenvalue weighted by molar-refractivity contribution is -0.154. The highest BCUT2D eigenvalue weighted by atomic mass is 16.6. The summed E-state index contributed by atoms with van der Waals surface area (Å²) in [5, 5.41) is 46.5. The molecule has 4 rings (SSSR count). The van der Waals surface area contributed by atoms with E-state index in [-0.39, 0.29) is 28.7 Å². The molecule has 33 heavy (non-hydrogen) atoms. The van der Waals surface area contributed by atoms with Gasteiger partial charge in [0.05, 0.1) is 0 Å². The van der Waals surface area contributed by atoms with Crippen LogP contribution in [0.1, 0.15) is 34.7 Å². The summed E-state index contributed by atoms with van der Waals surface area (Å²) < 4.78 is 5.12. The second-order valence-corrected chi connectivity index (χ2v) is 8.21. The summed E-state index contributed by atoms with van der Waals surface area (Å²) in [6, 6.07) is 20.1. The Morgan fingerprint density at radius 1 is 0.788 bits per heavy atom. The quantitative estimate of drug-likeness (QED) is 0.361. The zero-order chi connectivity index (χ0) is 23.9. The first-order valence-electron chi connectivity index (χ1n) is 10.2. The first-order valence-corrected chi connectivity index (χ1v) is 10.2. The van der Waals surface area contributed by atoms with Gasteiger partial charge >= 0.3 is 6.09 Å². The summed E-state index contributed by atoms with van der Waals surface area (Å²) in [6.45, 7) is 1.44. The molecule has 1 heterocycles. The van der Waals surface area contributed by atoms with Crippen LogP contribution in [0.4, 0.5) is 4.79 Å². The van der Waals surface area contributed by atoms with Gasteiger partial charge in [-0.15, -0.1) is 0 Å². The van der Waals surface area contributed by atoms with Crippen molar-refractivity contribution in [2.75, 3.05) is 0 Å². The highest BCUT2D eigenvalue weighted by Gasteiger charge is 2.45. The number of carbonyl (C=O) groups is 2. The van der Waals surface area contributed by atoms with E-state index in [9.17, 15) is 30.0 Å². The number of rotatable bonds is 6. The Labute approximate surface area is 189 Å². The second-order valence-electron chi connectivity index (χ2n) is 8.21. The molecule has 1 fully saturated rings. The average molecular weight is 449 g/mol. The molecule has 0 spiro atoms. The van der Waals surface area contributed by atoms with Gasteiger partial charge in [0, 0.05) is 28.7 Å². The molecule has 2 amide bonds. The second kappa shape index (κ2) is 8.09. The number of benzene rings is 3. The van der Waals surface area contributed by atoms with Crippen molar-refractivity contribution in [1.82, 2.24) is 5.32 Å². The third-order valence-corrected chi connectivity index (χ3v) is 5.74. The van der Waals surface area contributed by atoms with Gasteiger partial charge in [0.15, 0.2) is 5.60 Å². The predicted octanol–water partition coefficient (Wildman–Crippen LogP) is 1.63. The topological polar surface area (TPSA) is 136 Å². The van der Waals surface area contributed by atoms with Crippen LogP contribution >= 0.6 is 0 Å². The van der Waals surface area contributed by atoms with E-state index in [1.165, 1.54) is 49.4 Å². The predicted molar refractivity (Wildman–Crippen MR) is 116 cm³/mol. The van der Waals surface area contributed by atoms with Crippen molar-refractivity contribution in [1.29, 1.82) is 0 Å². The molecule has 1 saturated heterocycles. The van der Waals surface area contributed by atoms with E-state index in [2.05, 4.69) is 5.32 Å². The number of ether oxygens (including phenoxy) is 1. The van der Waals surface area contributed by atoms with Crippen LogP contribution in [-0.4, -0.2) is 38.0 Å². The summed E-state index contributed by atoms with van der Waals surface area (Å²) in [5.41, 5.74) is -1.22. The van der Waals surface area contributed by atoms with Gasteiger partial charge in [0.2, 0.25) is 11.6 Å². The van der Waals surface area contributed by atoms with Gasteiger partial charge in [-0.25, -0.2) is 4.79 Å². The summed E-state index contributed by atoms with van der Waals surface area (Å²) in [7, 11) is 0. The number of imide groups is 1. The van der Waals surface area contributed by atoms with Crippen molar-refractivity contribution < 1.29 is 34.8 Å². The lowest BCUT2D eigenvalue weighted by atomic mass is 9.84. The maximum Gasteiger partial charge on any atom is 0.415 e. The highest BCUT2D eigenvalue weighted by Crippen LogP contribution is 2.38. The molecule has 170 valence electrons. The normalized spacial score (nSPS) is 18.7. The number of cyclic esters (lactones) is 1. The van der Waals surface area contributed by atoms with E-state index < -0.39 is 29.2 Å². The number of amides is 2. The number of carbonyl (C=O) groups excluding carboxylic acids is 2. The summed E-state index contributed by atoms with van der Waals surface area (Å²) in [5.74, 6) is -5.78. The number of hydrogen-bond donors (Lipinski definition) is 5. The molecule has 0 bridgehead atoms. The maximum absolute atomic E-state index is 12.2. The third kappa shape index (κ3) is 4.12. The highest BCUT2D eigenvalue weighted by molar-refractivity contribution is 6.02. The SMILES string of the molecule is C[C@@]1(Cc2ccc(C(O)(O)c3ccccc3)c(C(O)(O)c3ccccc3)c2)OC(=O)NC1=O. The Balaban J connectivity index is 1.85. The largest absolute Gasteiger partial charge is 0.432 e. The smallest absolute Gasteiger partial charge is 0.415 e. The third-order valence-electron chi connectivity index (χ3n) is 5.74. The van der Waals surface area contributed by atoms with Gasteiger partial charge in [0.1, 0.15) is 0 Å². The Bertz CT molecular complexity index is 1190. The fourth-order valence-electron chi connectivity index (χ4n) is 3.95. The number of aliphatic hydroxyl groups is 4. The Morgan fingerprint density at radius 3 is 1.79 bits per heavy atom. The van der Waals surface area contributed by atoms with Crippen LogP contribution in [0.3, 0.4) is 0 Å². The zero-order valence-electron chi connectivity index (χ0n) is 17.7. The van der Waals surface area contributed by atoms with Gasteiger partial charge in [-0.3, -0.25) is 10.1 Å². The van der Waals surface area contributed by atoms with Crippen molar-refractivity contribution in [2.45, 2.75) is 30.5 Å². The fraction of sp³-hybridized carbons (Fsp3) is 0.200. The molecule has 0 aliphatic carbocycles. The van der Waals surface area contributed by atoms with E-state index in [4.69, 9.17) is 4.74 Å². The molecular weight excluding hydrogens is 426 g/mol. The molecule has 0 radical (unpaired) electrons. The molecule has 1 aliphatic heterocycles. The van der Waals surface area contributed by atoms with Crippen LogP contribution in [0.5, 0.6) is 0 Å². The molecule has 0 aromatic heterocycles. The minimum atomic E-state index is -2.60. The average Bonchev–Trinajstić information content (AvgIpc) is 3.05. The van der Waals surface area contributed by atoms with Crippen molar-refractivity contribution in [3.63, 3.8) is 0 Å². The van der Waals surface area contributed by atoms with Crippen LogP contribution in [-0.2, 0) is 27.5 Å². The van der Waals surface area contributed by atoms with Gasteiger partial charge in [-0.2, -0.15) is 0 Å². The van der Waals surface area contributed by atoms with Crippen LogP contribution in [0.25, 0.3) is 0 Å². The van der Waals surface area contributed by atoms with Crippen molar-refractivity contribution in [2.24, 2.45) is 0 Å². The molecule has 0 saturated carbocycles. The molecule has 0 unspecified atom stereocenters. The lowest BCUT2D eigenvalue weighted by Crippen LogP contribution is -2.39. The van der Waals surface area contributed by atoms with E-state index in [1.807, 2.05) is 0 Å². The van der Waals surface area contributed by atoms with Crippen molar-refractivity contribution in [3.05, 3.63) is 107 Å².